The Kier molecular flexibility index (Phi) is 7.91. The normalized spacial score (nSPS) is 15.4. The molecule has 0 rings (SSSR count). The summed E-state index contributed by atoms with van der Waals surface area (Å²) in [7, 11) is 0. The van der Waals surface area contributed by atoms with Crippen LogP contribution in [0.2, 0.25) is 0 Å². The Labute approximate surface area is 62.2 Å². The molecule has 56 valence electrons. The lowest BCUT2D eigenvalue weighted by molar-refractivity contribution is 0.154. The van der Waals surface area contributed by atoms with Crippen molar-refractivity contribution in [1.82, 2.24) is 0 Å². The maximum atomic E-state index is 8.93. The fourth-order valence-corrected chi connectivity index (χ4v) is 0.385. The van der Waals surface area contributed by atoms with Crippen LogP contribution in [-0.2, 0) is 0 Å². The Bertz CT molecular complexity index is 75.5. The predicted molar refractivity (Wildman–Crippen MR) is 41.7 cm³/mol. The number of aliphatic hydroxyl groups is 1. The van der Waals surface area contributed by atoms with Gasteiger partial charge in [-0.2, -0.15) is 0 Å². The van der Waals surface area contributed by atoms with Crippen LogP contribution < -0.4 is 5.73 Å². The number of rotatable bonds is 3. The molecule has 0 amide bonds. The Morgan fingerprint density at radius 3 is 2.33 bits per heavy atom. The van der Waals surface area contributed by atoms with E-state index in [2.05, 4.69) is 6.58 Å². The van der Waals surface area contributed by atoms with Gasteiger partial charge in [-0.15, -0.1) is 19.0 Å². The quantitative estimate of drug-likeness (QED) is 0.584. The molecule has 0 bridgehead atoms. The average molecular weight is 152 g/mol. The van der Waals surface area contributed by atoms with Crippen molar-refractivity contribution in [2.24, 2.45) is 5.73 Å². The topological polar surface area (TPSA) is 46.2 Å². The van der Waals surface area contributed by atoms with Gasteiger partial charge in [0.25, 0.3) is 0 Å². The molecule has 3 heteroatoms. The first kappa shape index (κ1) is 11.7. The molecule has 0 aromatic heterocycles. The van der Waals surface area contributed by atoms with E-state index in [1.807, 2.05) is 0 Å². The van der Waals surface area contributed by atoms with Gasteiger partial charge < -0.3 is 10.8 Å². The van der Waals surface area contributed by atoms with Crippen LogP contribution in [0.15, 0.2) is 12.7 Å². The van der Waals surface area contributed by atoms with Crippen molar-refractivity contribution < 1.29 is 5.11 Å². The molecule has 0 aromatic rings. The highest BCUT2D eigenvalue weighted by atomic mass is 35.5. The molecule has 0 saturated heterocycles. The maximum Gasteiger partial charge on any atom is 0.0722 e. The highest BCUT2D eigenvalue weighted by molar-refractivity contribution is 5.85. The summed E-state index contributed by atoms with van der Waals surface area (Å²) in [5.41, 5.74) is 5.32. The lowest BCUT2D eigenvalue weighted by Crippen LogP contribution is -2.30. The molecule has 0 saturated carbocycles. The van der Waals surface area contributed by atoms with Crippen LogP contribution in [0.1, 0.15) is 13.3 Å². The molecular formula is C6H14ClNO. The highest BCUT2D eigenvalue weighted by Crippen LogP contribution is 1.94. The van der Waals surface area contributed by atoms with Crippen LogP contribution in [0.5, 0.6) is 0 Å². The van der Waals surface area contributed by atoms with Gasteiger partial charge in [0, 0.05) is 6.04 Å². The molecule has 9 heavy (non-hydrogen) atoms. The third-order valence-electron chi connectivity index (χ3n) is 1.02. The molecule has 0 aromatic carbocycles. The molecule has 2 nitrogen and oxygen atoms in total. The minimum atomic E-state index is -0.424. The summed E-state index contributed by atoms with van der Waals surface area (Å²) in [5.74, 6) is 0. The second kappa shape index (κ2) is 6.08. The zero-order chi connectivity index (χ0) is 6.57. The minimum absolute atomic E-state index is 0. The van der Waals surface area contributed by atoms with Gasteiger partial charge in [-0.05, 0) is 13.3 Å². The third kappa shape index (κ3) is 5.83. The fourth-order valence-electron chi connectivity index (χ4n) is 0.385. The molecule has 0 aliphatic heterocycles. The van der Waals surface area contributed by atoms with E-state index in [-0.39, 0.29) is 18.4 Å². The van der Waals surface area contributed by atoms with E-state index in [4.69, 9.17) is 10.8 Å². The smallest absolute Gasteiger partial charge is 0.0722 e. The Balaban J connectivity index is 0. The first-order valence-electron chi connectivity index (χ1n) is 2.73. The first-order chi connectivity index (χ1) is 3.68. The first-order valence-corrected chi connectivity index (χ1v) is 2.73. The van der Waals surface area contributed by atoms with E-state index in [0.29, 0.717) is 6.42 Å². The van der Waals surface area contributed by atoms with Crippen molar-refractivity contribution in [3.05, 3.63) is 12.7 Å². The van der Waals surface area contributed by atoms with Gasteiger partial charge in [0.15, 0.2) is 0 Å². The van der Waals surface area contributed by atoms with E-state index in [9.17, 15) is 0 Å². The molecule has 0 aliphatic carbocycles. The average Bonchev–Trinajstić information content (AvgIpc) is 1.67. The van der Waals surface area contributed by atoms with E-state index < -0.39 is 6.10 Å². The number of halogens is 1. The largest absolute Gasteiger partial charge is 0.391 e. The van der Waals surface area contributed by atoms with E-state index in [1.54, 1.807) is 13.0 Å². The van der Waals surface area contributed by atoms with Crippen LogP contribution in [0.25, 0.3) is 0 Å². The van der Waals surface area contributed by atoms with Crippen molar-refractivity contribution in [3.63, 3.8) is 0 Å². The van der Waals surface area contributed by atoms with E-state index in [0.717, 1.165) is 0 Å². The van der Waals surface area contributed by atoms with Crippen LogP contribution in [0.3, 0.4) is 0 Å². The second-order valence-corrected chi connectivity index (χ2v) is 1.95. The molecule has 3 N–H and O–H groups in total. The van der Waals surface area contributed by atoms with Gasteiger partial charge in [-0.1, -0.05) is 6.08 Å². The molecule has 0 spiro atoms. The second-order valence-electron chi connectivity index (χ2n) is 1.95. The third-order valence-corrected chi connectivity index (χ3v) is 1.02. The van der Waals surface area contributed by atoms with Crippen LogP contribution >= 0.6 is 12.4 Å². The molecule has 0 heterocycles. The number of hydrogen-bond acceptors (Lipinski definition) is 2. The molecule has 1 unspecified atom stereocenters. The van der Waals surface area contributed by atoms with Crippen molar-refractivity contribution in [1.29, 1.82) is 0 Å². The standard InChI is InChI=1S/C6H13NO.ClH/c1-3-4-6(8)5(2)7;/h3,5-6,8H,1,4,7H2,2H3;1H/t5-,6?;/m1./s1. The summed E-state index contributed by atoms with van der Waals surface area (Å²) < 4.78 is 0. The predicted octanol–water partition coefficient (Wildman–Crippen LogP) is 0.692. The monoisotopic (exact) mass is 151 g/mol. The lowest BCUT2D eigenvalue weighted by Gasteiger charge is -2.10. The van der Waals surface area contributed by atoms with E-state index >= 15 is 0 Å². The van der Waals surface area contributed by atoms with Crippen LogP contribution in [0.4, 0.5) is 0 Å². The van der Waals surface area contributed by atoms with E-state index in [1.165, 1.54) is 0 Å². The summed E-state index contributed by atoms with van der Waals surface area (Å²) in [6.07, 6.45) is 1.82. The summed E-state index contributed by atoms with van der Waals surface area (Å²) in [6.45, 7) is 5.24. The SMILES string of the molecule is C=CCC(O)[C@@H](C)N.Cl. The van der Waals surface area contributed by atoms with Gasteiger partial charge in [-0.25, -0.2) is 0 Å². The van der Waals surface area contributed by atoms with Crippen molar-refractivity contribution in [3.8, 4) is 0 Å². The Hall–Kier alpha value is -0.0500. The summed E-state index contributed by atoms with van der Waals surface area (Å²) >= 11 is 0. The van der Waals surface area contributed by atoms with Crippen molar-refractivity contribution in [2.45, 2.75) is 25.5 Å². The zero-order valence-electron chi connectivity index (χ0n) is 5.58. The van der Waals surface area contributed by atoms with Crippen LogP contribution in [-0.4, -0.2) is 17.3 Å². The summed E-state index contributed by atoms with van der Waals surface area (Å²) in [4.78, 5) is 0. The maximum absolute atomic E-state index is 8.93. The minimum Gasteiger partial charge on any atom is -0.391 e. The van der Waals surface area contributed by atoms with Gasteiger partial charge in [0.05, 0.1) is 6.10 Å². The number of hydrogen-bond donors (Lipinski definition) is 2. The van der Waals surface area contributed by atoms with Crippen LogP contribution in [0, 0.1) is 0 Å². The van der Waals surface area contributed by atoms with Gasteiger partial charge in [-0.3, -0.25) is 0 Å². The van der Waals surface area contributed by atoms with Gasteiger partial charge >= 0.3 is 0 Å². The van der Waals surface area contributed by atoms with Crippen molar-refractivity contribution in [2.75, 3.05) is 0 Å². The van der Waals surface area contributed by atoms with Gasteiger partial charge in [0.2, 0.25) is 0 Å². The Morgan fingerprint density at radius 1 is 1.78 bits per heavy atom. The zero-order valence-corrected chi connectivity index (χ0v) is 6.40. The summed E-state index contributed by atoms with van der Waals surface area (Å²) in [6, 6.07) is -0.145. The van der Waals surface area contributed by atoms with Crippen molar-refractivity contribution >= 4 is 12.4 Å². The lowest BCUT2D eigenvalue weighted by atomic mass is 10.1. The fraction of sp³-hybridized carbons (Fsp3) is 0.667. The molecular weight excluding hydrogens is 138 g/mol. The molecule has 0 radical (unpaired) electrons. The Morgan fingerprint density at radius 2 is 2.22 bits per heavy atom. The summed E-state index contributed by atoms with van der Waals surface area (Å²) in [5, 5.41) is 8.93. The van der Waals surface area contributed by atoms with Gasteiger partial charge in [0.1, 0.15) is 0 Å². The molecule has 0 aliphatic rings. The highest BCUT2D eigenvalue weighted by Gasteiger charge is 2.04. The number of aliphatic hydroxyl groups excluding tert-OH is 1. The molecule has 0 fully saturated rings. The molecule has 2 atom stereocenters. The number of nitrogens with two attached hydrogens (primary N) is 1.